The molecule has 0 aromatic heterocycles. The summed E-state index contributed by atoms with van der Waals surface area (Å²) in [6, 6.07) is 8.40. The molecule has 19 heavy (non-hydrogen) atoms. The van der Waals surface area contributed by atoms with E-state index in [4.69, 9.17) is 5.73 Å². The van der Waals surface area contributed by atoms with Crippen molar-refractivity contribution in [3.05, 3.63) is 35.9 Å². The van der Waals surface area contributed by atoms with Crippen molar-refractivity contribution in [1.29, 1.82) is 0 Å². The zero-order chi connectivity index (χ0) is 13.9. The van der Waals surface area contributed by atoms with Gasteiger partial charge in [-0.3, -0.25) is 4.79 Å². The number of carbonyl (C=O) groups is 1. The highest BCUT2D eigenvalue weighted by atomic mass is 32.2. The van der Waals surface area contributed by atoms with Crippen molar-refractivity contribution in [2.75, 3.05) is 24.6 Å². The lowest BCUT2D eigenvalue weighted by molar-refractivity contribution is -0.132. The molecule has 0 radical (unpaired) electrons. The Bertz CT molecular complexity index is 542. The van der Waals surface area contributed by atoms with Crippen molar-refractivity contribution in [2.45, 2.75) is 12.5 Å². The van der Waals surface area contributed by atoms with Gasteiger partial charge in [0.05, 0.1) is 11.5 Å². The second-order valence-electron chi connectivity index (χ2n) is 4.72. The van der Waals surface area contributed by atoms with Crippen LogP contribution in [0.25, 0.3) is 0 Å². The van der Waals surface area contributed by atoms with Gasteiger partial charge >= 0.3 is 0 Å². The van der Waals surface area contributed by atoms with Gasteiger partial charge in [0.1, 0.15) is 6.04 Å². The lowest BCUT2D eigenvalue weighted by Crippen LogP contribution is -2.40. The summed E-state index contributed by atoms with van der Waals surface area (Å²) in [6.07, 6.45) is 0.482. The number of rotatable bonds is 2. The van der Waals surface area contributed by atoms with Gasteiger partial charge < -0.3 is 10.6 Å². The van der Waals surface area contributed by atoms with E-state index < -0.39 is 15.9 Å². The molecule has 2 N–H and O–H groups in total. The second kappa shape index (κ2) is 5.71. The Labute approximate surface area is 113 Å². The van der Waals surface area contributed by atoms with Crippen LogP contribution in [-0.2, 0) is 14.6 Å². The summed E-state index contributed by atoms with van der Waals surface area (Å²) in [5.74, 6) is -0.0271. The van der Waals surface area contributed by atoms with E-state index in [0.717, 1.165) is 5.56 Å². The fraction of sp³-hybridized carbons (Fsp3) is 0.462. The van der Waals surface area contributed by atoms with Crippen LogP contribution in [0.2, 0.25) is 0 Å². The maximum absolute atomic E-state index is 12.3. The summed E-state index contributed by atoms with van der Waals surface area (Å²) < 4.78 is 23.0. The molecule has 1 fully saturated rings. The van der Waals surface area contributed by atoms with E-state index in [1.165, 1.54) is 0 Å². The van der Waals surface area contributed by atoms with Crippen LogP contribution in [0.15, 0.2) is 30.3 Å². The van der Waals surface area contributed by atoms with E-state index in [0.29, 0.717) is 13.0 Å². The summed E-state index contributed by atoms with van der Waals surface area (Å²) in [6.45, 7) is 0.695. The molecule has 0 bridgehead atoms. The molecule has 0 saturated carbocycles. The number of nitrogens with two attached hydrogens (primary N) is 1. The van der Waals surface area contributed by atoms with E-state index in [1.807, 2.05) is 18.2 Å². The molecule has 1 atom stereocenters. The van der Waals surface area contributed by atoms with Gasteiger partial charge in [-0.05, 0) is 12.0 Å². The lowest BCUT2D eigenvalue weighted by Gasteiger charge is -2.23. The third-order valence-corrected chi connectivity index (χ3v) is 5.01. The quantitative estimate of drug-likeness (QED) is 0.848. The standard InChI is InChI=1S/C13H18N2O3S/c14-12(11-5-2-1-3-6-11)13(16)15-7-4-9-19(17,18)10-8-15/h1-3,5-6,12H,4,7-10,14H2. The third kappa shape index (κ3) is 3.54. The predicted octanol–water partition coefficient (Wildman–Crippen LogP) is 0.334. The molecule has 0 spiro atoms. The van der Waals surface area contributed by atoms with E-state index in [-0.39, 0.29) is 24.0 Å². The number of sulfone groups is 1. The number of hydrogen-bond donors (Lipinski definition) is 1. The average molecular weight is 282 g/mol. The van der Waals surface area contributed by atoms with E-state index in [9.17, 15) is 13.2 Å². The van der Waals surface area contributed by atoms with Crippen LogP contribution >= 0.6 is 0 Å². The van der Waals surface area contributed by atoms with Crippen molar-refractivity contribution in [3.8, 4) is 0 Å². The first-order chi connectivity index (χ1) is 8.99. The highest BCUT2D eigenvalue weighted by Crippen LogP contribution is 2.15. The molecule has 1 aliphatic rings. The molecule has 1 unspecified atom stereocenters. The predicted molar refractivity (Wildman–Crippen MR) is 73.2 cm³/mol. The minimum absolute atomic E-state index is 0.0280. The second-order valence-corrected chi connectivity index (χ2v) is 7.02. The monoisotopic (exact) mass is 282 g/mol. The van der Waals surface area contributed by atoms with Gasteiger partial charge in [-0.25, -0.2) is 8.42 Å². The lowest BCUT2D eigenvalue weighted by atomic mass is 10.1. The van der Waals surface area contributed by atoms with Gasteiger partial charge in [-0.1, -0.05) is 30.3 Å². The van der Waals surface area contributed by atoms with Gasteiger partial charge in [0.25, 0.3) is 0 Å². The van der Waals surface area contributed by atoms with Gasteiger partial charge in [0.2, 0.25) is 5.91 Å². The zero-order valence-corrected chi connectivity index (χ0v) is 11.5. The molecule has 104 valence electrons. The molecular weight excluding hydrogens is 264 g/mol. The summed E-state index contributed by atoms with van der Waals surface area (Å²) in [5, 5.41) is 0. The summed E-state index contributed by atoms with van der Waals surface area (Å²) in [7, 11) is -3.01. The number of hydrogen-bond acceptors (Lipinski definition) is 4. The molecule has 0 aliphatic carbocycles. The van der Waals surface area contributed by atoms with Gasteiger partial charge in [-0.15, -0.1) is 0 Å². The topological polar surface area (TPSA) is 80.5 Å². The Morgan fingerprint density at radius 1 is 1.16 bits per heavy atom. The number of benzene rings is 1. The molecule has 1 aliphatic heterocycles. The van der Waals surface area contributed by atoms with Crippen molar-refractivity contribution >= 4 is 15.7 Å². The summed E-state index contributed by atoms with van der Waals surface area (Å²) in [4.78, 5) is 13.8. The van der Waals surface area contributed by atoms with Crippen LogP contribution in [0.4, 0.5) is 0 Å². The van der Waals surface area contributed by atoms with Crippen LogP contribution in [0.1, 0.15) is 18.0 Å². The van der Waals surface area contributed by atoms with E-state index >= 15 is 0 Å². The Morgan fingerprint density at radius 2 is 1.84 bits per heavy atom. The summed E-state index contributed by atoms with van der Waals surface area (Å²) >= 11 is 0. The van der Waals surface area contributed by atoms with Crippen molar-refractivity contribution in [1.82, 2.24) is 4.90 Å². The highest BCUT2D eigenvalue weighted by Gasteiger charge is 2.26. The van der Waals surface area contributed by atoms with Gasteiger partial charge in [0, 0.05) is 13.1 Å². The van der Waals surface area contributed by atoms with Crippen molar-refractivity contribution in [2.24, 2.45) is 5.73 Å². The van der Waals surface area contributed by atoms with E-state index in [1.54, 1.807) is 17.0 Å². The highest BCUT2D eigenvalue weighted by molar-refractivity contribution is 7.91. The molecule has 1 saturated heterocycles. The molecule has 1 heterocycles. The fourth-order valence-corrected chi connectivity index (χ4v) is 3.43. The average Bonchev–Trinajstić information content (AvgIpc) is 2.59. The first-order valence-electron chi connectivity index (χ1n) is 6.29. The molecule has 6 heteroatoms. The number of nitrogens with zero attached hydrogens (tertiary/aromatic N) is 1. The zero-order valence-electron chi connectivity index (χ0n) is 10.7. The first kappa shape index (κ1) is 14.0. The molecular formula is C13H18N2O3S. The Morgan fingerprint density at radius 3 is 2.53 bits per heavy atom. The maximum atomic E-state index is 12.3. The molecule has 1 aromatic rings. The SMILES string of the molecule is NC(C(=O)N1CCCS(=O)(=O)CC1)c1ccccc1. The Hall–Kier alpha value is -1.40. The van der Waals surface area contributed by atoms with Gasteiger partial charge in [0.15, 0.2) is 9.84 Å². The Kier molecular flexibility index (Phi) is 4.21. The fourth-order valence-electron chi connectivity index (χ4n) is 2.16. The first-order valence-corrected chi connectivity index (χ1v) is 8.11. The maximum Gasteiger partial charge on any atom is 0.244 e. The number of amides is 1. The minimum atomic E-state index is -3.01. The number of carbonyl (C=O) groups excluding carboxylic acids is 1. The normalized spacial score (nSPS) is 20.6. The van der Waals surface area contributed by atoms with Crippen LogP contribution in [0, 0.1) is 0 Å². The molecule has 5 nitrogen and oxygen atoms in total. The third-order valence-electron chi connectivity index (χ3n) is 3.29. The minimum Gasteiger partial charge on any atom is -0.340 e. The smallest absolute Gasteiger partial charge is 0.244 e. The molecule has 1 aromatic carbocycles. The molecule has 1 amide bonds. The van der Waals surface area contributed by atoms with E-state index in [2.05, 4.69) is 0 Å². The largest absolute Gasteiger partial charge is 0.340 e. The van der Waals surface area contributed by atoms with Crippen molar-refractivity contribution < 1.29 is 13.2 Å². The van der Waals surface area contributed by atoms with Crippen LogP contribution in [0.5, 0.6) is 0 Å². The van der Waals surface area contributed by atoms with Crippen LogP contribution in [-0.4, -0.2) is 43.8 Å². The van der Waals surface area contributed by atoms with Crippen LogP contribution in [0.3, 0.4) is 0 Å². The molecule has 2 rings (SSSR count). The van der Waals surface area contributed by atoms with Gasteiger partial charge in [-0.2, -0.15) is 0 Å². The van der Waals surface area contributed by atoms with Crippen molar-refractivity contribution in [3.63, 3.8) is 0 Å². The Balaban J connectivity index is 2.07. The van der Waals surface area contributed by atoms with Crippen LogP contribution < -0.4 is 5.73 Å². The summed E-state index contributed by atoms with van der Waals surface area (Å²) in [5.41, 5.74) is 6.70.